The van der Waals surface area contributed by atoms with Gasteiger partial charge in [0, 0.05) is 6.54 Å². The number of hydrogen-bond acceptors (Lipinski definition) is 3. The summed E-state index contributed by atoms with van der Waals surface area (Å²) < 4.78 is 0. The van der Waals surface area contributed by atoms with Crippen molar-refractivity contribution < 1.29 is 14.7 Å². The molecule has 2 aliphatic heterocycles. The number of amides is 1. The SMILES string of the molecule is CCCC1(C(=O)O)CCCN1C(=O)C1CC(CC)CCN1. The van der Waals surface area contributed by atoms with Crippen molar-refractivity contribution in [1.82, 2.24) is 10.2 Å². The topological polar surface area (TPSA) is 69.6 Å². The maximum absolute atomic E-state index is 12.9. The normalized spacial score (nSPS) is 33.1. The first-order valence-corrected chi connectivity index (χ1v) is 8.33. The Morgan fingerprint density at radius 1 is 1.38 bits per heavy atom. The standard InChI is InChI=1S/C16H28N2O3/c1-3-7-16(15(20)21)8-5-10-18(16)14(19)13-11-12(4-2)6-9-17-13/h12-13,17H,3-11H2,1-2H3,(H,20,21). The number of hydrogen-bond donors (Lipinski definition) is 2. The molecule has 2 aliphatic rings. The molecule has 0 radical (unpaired) electrons. The predicted molar refractivity (Wildman–Crippen MR) is 81.0 cm³/mol. The van der Waals surface area contributed by atoms with Gasteiger partial charge in [0.1, 0.15) is 5.54 Å². The Kier molecular flexibility index (Phi) is 5.25. The quantitative estimate of drug-likeness (QED) is 0.814. The summed E-state index contributed by atoms with van der Waals surface area (Å²) in [6.07, 6.45) is 5.76. The zero-order valence-electron chi connectivity index (χ0n) is 13.2. The van der Waals surface area contributed by atoms with Crippen molar-refractivity contribution in [3.63, 3.8) is 0 Å². The van der Waals surface area contributed by atoms with Crippen molar-refractivity contribution in [2.45, 2.75) is 70.4 Å². The van der Waals surface area contributed by atoms with Crippen LogP contribution in [0.3, 0.4) is 0 Å². The average molecular weight is 296 g/mol. The van der Waals surface area contributed by atoms with E-state index in [9.17, 15) is 14.7 Å². The molecular formula is C16H28N2O3. The van der Waals surface area contributed by atoms with Crippen LogP contribution in [0.5, 0.6) is 0 Å². The van der Waals surface area contributed by atoms with Crippen molar-refractivity contribution >= 4 is 11.9 Å². The molecule has 0 spiro atoms. The van der Waals surface area contributed by atoms with Crippen molar-refractivity contribution in [2.24, 2.45) is 5.92 Å². The molecule has 3 atom stereocenters. The number of rotatable bonds is 5. The number of carboxylic acid groups (broad SMARTS) is 1. The minimum Gasteiger partial charge on any atom is -0.479 e. The summed E-state index contributed by atoms with van der Waals surface area (Å²) in [6, 6.07) is -0.197. The van der Waals surface area contributed by atoms with Crippen LogP contribution in [0.15, 0.2) is 0 Å². The lowest BCUT2D eigenvalue weighted by molar-refractivity contribution is -0.158. The van der Waals surface area contributed by atoms with E-state index in [0.29, 0.717) is 25.3 Å². The van der Waals surface area contributed by atoms with Crippen LogP contribution in [0.2, 0.25) is 0 Å². The highest BCUT2D eigenvalue weighted by molar-refractivity contribution is 5.90. The highest BCUT2D eigenvalue weighted by atomic mass is 16.4. The third-order valence-corrected chi connectivity index (χ3v) is 5.20. The summed E-state index contributed by atoms with van der Waals surface area (Å²) in [5.74, 6) is -0.257. The van der Waals surface area contributed by atoms with Crippen LogP contribution in [-0.4, -0.2) is 46.6 Å². The molecule has 2 N–H and O–H groups in total. The van der Waals surface area contributed by atoms with Gasteiger partial charge in [0.05, 0.1) is 6.04 Å². The zero-order valence-corrected chi connectivity index (χ0v) is 13.2. The number of nitrogens with zero attached hydrogens (tertiary/aromatic N) is 1. The van der Waals surface area contributed by atoms with Crippen molar-refractivity contribution in [3.05, 3.63) is 0 Å². The van der Waals surface area contributed by atoms with Crippen LogP contribution >= 0.6 is 0 Å². The molecule has 0 aromatic heterocycles. The summed E-state index contributed by atoms with van der Waals surface area (Å²) >= 11 is 0. The van der Waals surface area contributed by atoms with Crippen LogP contribution in [-0.2, 0) is 9.59 Å². The number of carbonyl (C=O) groups is 2. The van der Waals surface area contributed by atoms with Crippen molar-refractivity contribution in [2.75, 3.05) is 13.1 Å². The number of nitrogens with one attached hydrogen (secondary N) is 1. The first kappa shape index (κ1) is 16.3. The number of carbonyl (C=O) groups excluding carboxylic acids is 1. The fourth-order valence-corrected chi connectivity index (χ4v) is 3.95. The predicted octanol–water partition coefficient (Wildman–Crippen LogP) is 2.01. The first-order valence-electron chi connectivity index (χ1n) is 8.33. The number of likely N-dealkylation sites (tertiary alicyclic amines) is 1. The van der Waals surface area contributed by atoms with E-state index in [1.807, 2.05) is 6.92 Å². The van der Waals surface area contributed by atoms with Gasteiger partial charge in [0.2, 0.25) is 5.91 Å². The second-order valence-corrected chi connectivity index (χ2v) is 6.49. The fraction of sp³-hybridized carbons (Fsp3) is 0.875. The molecule has 1 amide bonds. The Morgan fingerprint density at radius 2 is 2.14 bits per heavy atom. The highest BCUT2D eigenvalue weighted by Gasteiger charge is 2.50. The van der Waals surface area contributed by atoms with E-state index in [1.165, 1.54) is 0 Å². The largest absolute Gasteiger partial charge is 0.479 e. The molecule has 2 rings (SSSR count). The summed E-state index contributed by atoms with van der Waals surface area (Å²) in [5.41, 5.74) is -0.966. The summed E-state index contributed by atoms with van der Waals surface area (Å²) in [7, 11) is 0. The van der Waals surface area contributed by atoms with Gasteiger partial charge in [-0.2, -0.15) is 0 Å². The first-order chi connectivity index (χ1) is 10.0. The fourth-order valence-electron chi connectivity index (χ4n) is 3.95. The van der Waals surface area contributed by atoms with Crippen LogP contribution in [0.1, 0.15) is 58.8 Å². The van der Waals surface area contributed by atoms with Gasteiger partial charge < -0.3 is 15.3 Å². The molecule has 5 heteroatoms. The molecular weight excluding hydrogens is 268 g/mol. The molecule has 0 aromatic carbocycles. The van der Waals surface area contributed by atoms with Gasteiger partial charge in [-0.1, -0.05) is 26.7 Å². The molecule has 3 unspecified atom stereocenters. The number of piperidine rings is 1. The molecule has 120 valence electrons. The molecule has 0 aromatic rings. The van der Waals surface area contributed by atoms with Crippen molar-refractivity contribution in [3.8, 4) is 0 Å². The van der Waals surface area contributed by atoms with Crippen LogP contribution in [0, 0.1) is 5.92 Å². The summed E-state index contributed by atoms with van der Waals surface area (Å²) in [6.45, 7) is 5.58. The second-order valence-electron chi connectivity index (χ2n) is 6.49. The van der Waals surface area contributed by atoms with Gasteiger partial charge in [-0.25, -0.2) is 4.79 Å². The maximum Gasteiger partial charge on any atom is 0.329 e. The van der Waals surface area contributed by atoms with Gasteiger partial charge in [-0.15, -0.1) is 0 Å². The smallest absolute Gasteiger partial charge is 0.329 e. The lowest BCUT2D eigenvalue weighted by atomic mass is 9.87. The Labute approximate surface area is 127 Å². The van der Waals surface area contributed by atoms with Gasteiger partial charge in [-0.3, -0.25) is 4.79 Å². The number of carboxylic acids is 1. The third kappa shape index (κ3) is 3.07. The maximum atomic E-state index is 12.9. The van der Waals surface area contributed by atoms with Gasteiger partial charge >= 0.3 is 5.97 Å². The van der Waals surface area contributed by atoms with E-state index < -0.39 is 11.5 Å². The van der Waals surface area contributed by atoms with E-state index in [0.717, 1.165) is 38.6 Å². The van der Waals surface area contributed by atoms with Crippen LogP contribution in [0.25, 0.3) is 0 Å². The van der Waals surface area contributed by atoms with E-state index in [1.54, 1.807) is 4.90 Å². The molecule has 2 heterocycles. The van der Waals surface area contributed by atoms with E-state index in [2.05, 4.69) is 12.2 Å². The molecule has 21 heavy (non-hydrogen) atoms. The van der Waals surface area contributed by atoms with Gasteiger partial charge in [0.15, 0.2) is 0 Å². The lowest BCUT2D eigenvalue weighted by Gasteiger charge is -2.39. The Balaban J connectivity index is 2.14. The molecule has 0 aliphatic carbocycles. The Morgan fingerprint density at radius 3 is 2.76 bits per heavy atom. The lowest BCUT2D eigenvalue weighted by Crippen LogP contribution is -2.59. The van der Waals surface area contributed by atoms with E-state index in [4.69, 9.17) is 0 Å². The van der Waals surface area contributed by atoms with E-state index >= 15 is 0 Å². The molecule has 0 bridgehead atoms. The van der Waals surface area contributed by atoms with Crippen LogP contribution in [0.4, 0.5) is 0 Å². The highest BCUT2D eigenvalue weighted by Crippen LogP contribution is 2.35. The zero-order chi connectivity index (χ0) is 15.5. The van der Waals surface area contributed by atoms with E-state index in [-0.39, 0.29) is 11.9 Å². The van der Waals surface area contributed by atoms with Gasteiger partial charge in [-0.05, 0) is 44.6 Å². The Bertz CT molecular complexity index is 399. The molecule has 5 nitrogen and oxygen atoms in total. The average Bonchev–Trinajstić information content (AvgIpc) is 2.92. The van der Waals surface area contributed by atoms with Crippen LogP contribution < -0.4 is 5.32 Å². The molecule has 2 fully saturated rings. The summed E-state index contributed by atoms with van der Waals surface area (Å²) in [4.78, 5) is 26.3. The third-order valence-electron chi connectivity index (χ3n) is 5.20. The molecule has 0 saturated carbocycles. The minimum atomic E-state index is -0.966. The second kappa shape index (κ2) is 6.77. The molecule has 2 saturated heterocycles. The minimum absolute atomic E-state index is 0.00139. The monoisotopic (exact) mass is 296 g/mol. The summed E-state index contributed by atoms with van der Waals surface area (Å²) in [5, 5.41) is 13.0. The van der Waals surface area contributed by atoms with Gasteiger partial charge in [0.25, 0.3) is 0 Å². The van der Waals surface area contributed by atoms with Crippen molar-refractivity contribution in [1.29, 1.82) is 0 Å². The number of aliphatic carboxylic acids is 1. The Hall–Kier alpha value is -1.10.